The molecule has 1 aromatic rings. The first-order valence-corrected chi connectivity index (χ1v) is 6.63. The van der Waals surface area contributed by atoms with E-state index in [0.717, 1.165) is 10.7 Å². The lowest BCUT2D eigenvalue weighted by molar-refractivity contribution is 0.0953. The Bertz CT molecular complexity index is 368. The van der Waals surface area contributed by atoms with E-state index in [1.165, 1.54) is 11.3 Å². The van der Waals surface area contributed by atoms with Crippen molar-refractivity contribution >= 4 is 33.2 Å². The maximum absolute atomic E-state index is 11.8. The Morgan fingerprint density at radius 1 is 1.62 bits per heavy atom. The zero-order valence-corrected chi connectivity index (χ0v) is 11.9. The summed E-state index contributed by atoms with van der Waals surface area (Å²) < 4.78 is 4.96. The Morgan fingerprint density at radius 2 is 2.31 bits per heavy atom. The molecule has 1 amide bonds. The van der Waals surface area contributed by atoms with E-state index in [2.05, 4.69) is 26.2 Å². The van der Waals surface area contributed by atoms with Gasteiger partial charge in [-0.15, -0.1) is 11.3 Å². The van der Waals surface area contributed by atoms with Crippen LogP contribution < -0.4 is 5.32 Å². The molecule has 0 aliphatic carbocycles. The monoisotopic (exact) mass is 306 g/mol. The van der Waals surface area contributed by atoms with Crippen LogP contribution in [0.4, 0.5) is 0 Å². The van der Waals surface area contributed by atoms with Gasteiger partial charge in [0.2, 0.25) is 0 Å². The molecule has 0 aromatic carbocycles. The maximum atomic E-state index is 11.8. The summed E-state index contributed by atoms with van der Waals surface area (Å²) >= 11 is 4.83. The van der Waals surface area contributed by atoms with Crippen molar-refractivity contribution in [3.63, 3.8) is 0 Å². The number of rotatable bonds is 5. The van der Waals surface area contributed by atoms with Crippen LogP contribution in [0.1, 0.15) is 20.4 Å². The zero-order valence-electron chi connectivity index (χ0n) is 9.54. The van der Waals surface area contributed by atoms with Crippen molar-refractivity contribution in [3.8, 4) is 0 Å². The number of alkyl halides is 1. The third kappa shape index (κ3) is 3.84. The highest BCUT2D eigenvalue weighted by Crippen LogP contribution is 2.16. The highest BCUT2D eigenvalue weighted by molar-refractivity contribution is 9.09. The highest BCUT2D eigenvalue weighted by atomic mass is 79.9. The fraction of sp³-hybridized carbons (Fsp3) is 0.600. The van der Waals surface area contributed by atoms with Gasteiger partial charge in [-0.25, -0.2) is 4.98 Å². The van der Waals surface area contributed by atoms with Crippen molar-refractivity contribution in [2.45, 2.75) is 18.7 Å². The van der Waals surface area contributed by atoms with Crippen molar-refractivity contribution in [2.24, 2.45) is 0 Å². The van der Waals surface area contributed by atoms with Crippen molar-refractivity contribution < 1.29 is 9.53 Å². The number of aryl methyl sites for hydroxylation is 2. The summed E-state index contributed by atoms with van der Waals surface area (Å²) in [5.74, 6) is -0.0661. The van der Waals surface area contributed by atoms with E-state index >= 15 is 0 Å². The van der Waals surface area contributed by atoms with Crippen LogP contribution in [-0.2, 0) is 4.74 Å². The average molecular weight is 307 g/mol. The molecule has 1 aromatic heterocycles. The van der Waals surface area contributed by atoms with Crippen molar-refractivity contribution in [3.05, 3.63) is 15.6 Å². The molecule has 0 fully saturated rings. The predicted octanol–water partition coefficient (Wildman–Crippen LogP) is 1.90. The molecular weight excluding hydrogens is 292 g/mol. The van der Waals surface area contributed by atoms with Crippen LogP contribution in [-0.4, -0.2) is 36.0 Å². The van der Waals surface area contributed by atoms with Crippen LogP contribution in [0, 0.1) is 13.8 Å². The second-order valence-corrected chi connectivity index (χ2v) is 5.91. The van der Waals surface area contributed by atoms with Gasteiger partial charge in [0.25, 0.3) is 5.91 Å². The SMILES string of the molecule is COCC(Br)CNC(=O)c1sc(C)nc1C. The Labute approximate surface area is 108 Å². The second-order valence-electron chi connectivity index (χ2n) is 3.41. The Balaban J connectivity index is 2.50. The molecule has 4 nitrogen and oxygen atoms in total. The standard InChI is InChI=1S/C10H15BrN2O2S/c1-6-9(16-7(2)13-6)10(14)12-4-8(11)5-15-3/h8H,4-5H2,1-3H3,(H,12,14). The molecule has 1 rings (SSSR count). The van der Waals surface area contributed by atoms with Gasteiger partial charge in [-0.1, -0.05) is 15.9 Å². The lowest BCUT2D eigenvalue weighted by Gasteiger charge is -2.09. The number of amides is 1. The summed E-state index contributed by atoms with van der Waals surface area (Å²) in [6.45, 7) is 4.86. The Kier molecular flexibility index (Phi) is 5.37. The molecule has 0 saturated heterocycles. The highest BCUT2D eigenvalue weighted by Gasteiger charge is 2.14. The van der Waals surface area contributed by atoms with E-state index < -0.39 is 0 Å². The van der Waals surface area contributed by atoms with E-state index in [1.54, 1.807) is 7.11 Å². The van der Waals surface area contributed by atoms with Crippen LogP contribution in [0.3, 0.4) is 0 Å². The quantitative estimate of drug-likeness (QED) is 0.845. The smallest absolute Gasteiger partial charge is 0.263 e. The van der Waals surface area contributed by atoms with E-state index in [-0.39, 0.29) is 10.7 Å². The number of methoxy groups -OCH3 is 1. The van der Waals surface area contributed by atoms with Gasteiger partial charge in [0.1, 0.15) is 4.88 Å². The van der Waals surface area contributed by atoms with E-state index in [1.807, 2.05) is 13.8 Å². The van der Waals surface area contributed by atoms with Crippen LogP contribution in [0.25, 0.3) is 0 Å². The second kappa shape index (κ2) is 6.32. The van der Waals surface area contributed by atoms with Gasteiger partial charge < -0.3 is 10.1 Å². The fourth-order valence-electron chi connectivity index (χ4n) is 1.27. The molecule has 1 atom stereocenters. The summed E-state index contributed by atoms with van der Waals surface area (Å²) in [6.07, 6.45) is 0. The molecule has 1 N–H and O–H groups in total. The minimum absolute atomic E-state index is 0.0661. The molecule has 16 heavy (non-hydrogen) atoms. The third-order valence-corrected chi connectivity index (χ3v) is 3.60. The van der Waals surface area contributed by atoms with Gasteiger partial charge in [-0.05, 0) is 13.8 Å². The number of nitrogens with one attached hydrogen (secondary N) is 1. The Morgan fingerprint density at radius 3 is 2.81 bits per heavy atom. The first kappa shape index (κ1) is 13.6. The third-order valence-electron chi connectivity index (χ3n) is 1.94. The van der Waals surface area contributed by atoms with E-state index in [0.29, 0.717) is 18.0 Å². The minimum Gasteiger partial charge on any atom is -0.383 e. The van der Waals surface area contributed by atoms with Crippen molar-refractivity contribution in [1.29, 1.82) is 0 Å². The summed E-state index contributed by atoms with van der Waals surface area (Å²) in [7, 11) is 1.63. The lowest BCUT2D eigenvalue weighted by Crippen LogP contribution is -2.31. The molecule has 0 spiro atoms. The topological polar surface area (TPSA) is 51.2 Å². The maximum Gasteiger partial charge on any atom is 0.263 e. The predicted molar refractivity (Wildman–Crippen MR) is 68.5 cm³/mol. The number of carbonyl (C=O) groups excluding carboxylic acids is 1. The summed E-state index contributed by atoms with van der Waals surface area (Å²) in [5, 5.41) is 3.75. The average Bonchev–Trinajstić information content (AvgIpc) is 2.55. The van der Waals surface area contributed by atoms with E-state index in [9.17, 15) is 4.79 Å². The first-order chi connectivity index (χ1) is 7.54. The number of hydrogen-bond donors (Lipinski definition) is 1. The molecule has 0 saturated carbocycles. The largest absolute Gasteiger partial charge is 0.383 e. The zero-order chi connectivity index (χ0) is 12.1. The molecule has 90 valence electrons. The van der Waals surface area contributed by atoms with Crippen LogP contribution in [0.2, 0.25) is 0 Å². The van der Waals surface area contributed by atoms with Crippen molar-refractivity contribution in [1.82, 2.24) is 10.3 Å². The Hall–Kier alpha value is -0.460. The molecule has 0 aliphatic rings. The first-order valence-electron chi connectivity index (χ1n) is 4.89. The number of nitrogens with zero attached hydrogens (tertiary/aromatic N) is 1. The van der Waals surface area contributed by atoms with Gasteiger partial charge in [0.15, 0.2) is 0 Å². The normalized spacial score (nSPS) is 12.5. The van der Waals surface area contributed by atoms with Gasteiger partial charge in [-0.3, -0.25) is 4.79 Å². The number of thiazole rings is 1. The van der Waals surface area contributed by atoms with Gasteiger partial charge in [-0.2, -0.15) is 0 Å². The number of aromatic nitrogens is 1. The van der Waals surface area contributed by atoms with Gasteiger partial charge in [0.05, 0.1) is 22.1 Å². The number of hydrogen-bond acceptors (Lipinski definition) is 4. The summed E-state index contributed by atoms with van der Waals surface area (Å²) in [4.78, 5) is 16.8. The summed E-state index contributed by atoms with van der Waals surface area (Å²) in [6, 6.07) is 0. The van der Waals surface area contributed by atoms with Crippen molar-refractivity contribution in [2.75, 3.05) is 20.3 Å². The molecule has 1 unspecified atom stereocenters. The number of carbonyl (C=O) groups is 1. The number of halogens is 1. The molecule has 0 aliphatic heterocycles. The lowest BCUT2D eigenvalue weighted by atomic mass is 10.3. The molecular formula is C10H15BrN2O2S. The van der Waals surface area contributed by atoms with Crippen LogP contribution >= 0.6 is 27.3 Å². The molecule has 1 heterocycles. The van der Waals surface area contributed by atoms with Gasteiger partial charge in [0, 0.05) is 13.7 Å². The minimum atomic E-state index is -0.0661. The molecule has 0 bridgehead atoms. The number of ether oxygens (including phenoxy) is 1. The fourth-order valence-corrected chi connectivity index (χ4v) is 2.53. The van der Waals surface area contributed by atoms with E-state index in [4.69, 9.17) is 4.74 Å². The molecule has 6 heteroatoms. The van der Waals surface area contributed by atoms with Crippen LogP contribution in [0.5, 0.6) is 0 Å². The molecule has 0 radical (unpaired) electrons. The van der Waals surface area contributed by atoms with Gasteiger partial charge >= 0.3 is 0 Å². The van der Waals surface area contributed by atoms with Crippen LogP contribution in [0.15, 0.2) is 0 Å². The summed E-state index contributed by atoms with van der Waals surface area (Å²) in [5.41, 5.74) is 0.790.